The molecule has 1 atom stereocenters. The van der Waals surface area contributed by atoms with E-state index in [1.165, 1.54) is 0 Å². The molecule has 0 saturated heterocycles. The van der Waals surface area contributed by atoms with Crippen LogP contribution in [0.25, 0.3) is 0 Å². The summed E-state index contributed by atoms with van der Waals surface area (Å²) in [7, 11) is 0. The van der Waals surface area contributed by atoms with E-state index in [1.807, 2.05) is 20.8 Å². The van der Waals surface area contributed by atoms with Crippen LogP contribution in [-0.2, 0) is 9.53 Å². The Morgan fingerprint density at radius 3 is 2.28 bits per heavy atom. The molecule has 1 amide bonds. The molecule has 5 heteroatoms. The van der Waals surface area contributed by atoms with Crippen LogP contribution < -0.4 is 0 Å². The highest BCUT2D eigenvalue weighted by Gasteiger charge is 2.28. The molecular weight excluding hydrogens is 234 g/mol. The molecule has 1 unspecified atom stereocenters. The van der Waals surface area contributed by atoms with Crippen LogP contribution in [0.5, 0.6) is 0 Å². The van der Waals surface area contributed by atoms with Gasteiger partial charge in [0.25, 0.3) is 0 Å². The Balaban J connectivity index is 4.83. The van der Waals surface area contributed by atoms with E-state index < -0.39 is 12.1 Å². The molecule has 0 aromatic rings. The van der Waals surface area contributed by atoms with Gasteiger partial charge in [-0.15, -0.1) is 0 Å². The maximum Gasteiger partial charge on any atom is 0.410 e. The summed E-state index contributed by atoms with van der Waals surface area (Å²) in [6, 6.07) is -0.355. The number of carboxylic acid groups (broad SMARTS) is 1. The minimum Gasteiger partial charge on any atom is -0.481 e. The molecule has 0 saturated carbocycles. The molecule has 5 nitrogen and oxygen atoms in total. The smallest absolute Gasteiger partial charge is 0.410 e. The van der Waals surface area contributed by atoms with Gasteiger partial charge in [-0.05, 0) is 27.2 Å². The van der Waals surface area contributed by atoms with Crippen molar-refractivity contribution in [3.63, 3.8) is 0 Å². The Bertz CT molecular complexity index is 266. The number of amides is 1. The van der Waals surface area contributed by atoms with E-state index in [-0.39, 0.29) is 18.5 Å². The molecule has 0 aliphatic carbocycles. The highest BCUT2D eigenvalue weighted by atomic mass is 16.6. The van der Waals surface area contributed by atoms with Gasteiger partial charge in [0.2, 0.25) is 0 Å². The Hall–Kier alpha value is -1.26. The molecule has 1 N–H and O–H groups in total. The Labute approximate surface area is 109 Å². The molecule has 0 aliphatic heterocycles. The van der Waals surface area contributed by atoms with E-state index in [2.05, 4.69) is 0 Å². The number of hydrogen-bond acceptors (Lipinski definition) is 3. The maximum atomic E-state index is 11.9. The first-order valence-corrected chi connectivity index (χ1v) is 6.60. The van der Waals surface area contributed by atoms with Gasteiger partial charge in [-0.1, -0.05) is 19.8 Å². The summed E-state index contributed by atoms with van der Waals surface area (Å²) in [5.74, 6) is -0.883. The largest absolute Gasteiger partial charge is 0.481 e. The van der Waals surface area contributed by atoms with Crippen molar-refractivity contribution in [2.75, 3.05) is 6.61 Å². The molecule has 0 fully saturated rings. The lowest BCUT2D eigenvalue weighted by molar-refractivity contribution is -0.138. The van der Waals surface area contributed by atoms with Gasteiger partial charge < -0.3 is 14.7 Å². The lowest BCUT2D eigenvalue weighted by Gasteiger charge is -2.33. The second kappa shape index (κ2) is 8.78. The third-order valence-corrected chi connectivity index (χ3v) is 2.73. The highest BCUT2D eigenvalue weighted by Crippen LogP contribution is 2.17. The highest BCUT2D eigenvalue weighted by molar-refractivity contribution is 5.71. The van der Waals surface area contributed by atoms with Crippen LogP contribution in [0, 0.1) is 0 Å². The summed E-state index contributed by atoms with van der Waals surface area (Å²) in [5.41, 5.74) is 0. The molecule has 106 valence electrons. The summed E-state index contributed by atoms with van der Waals surface area (Å²) >= 11 is 0. The first-order chi connectivity index (χ1) is 8.43. The molecule has 0 aliphatic rings. The Morgan fingerprint density at radius 1 is 1.28 bits per heavy atom. The predicted octanol–water partition coefficient (Wildman–Crippen LogP) is 2.89. The number of carboxylic acids is 1. The molecule has 0 radical (unpaired) electrons. The first-order valence-electron chi connectivity index (χ1n) is 6.60. The number of carbonyl (C=O) groups excluding carboxylic acids is 1. The fraction of sp³-hybridized carbons (Fsp3) is 0.846. The summed E-state index contributed by atoms with van der Waals surface area (Å²) < 4.78 is 5.00. The molecule has 0 heterocycles. The maximum absolute atomic E-state index is 11.9. The first kappa shape index (κ1) is 16.7. The topological polar surface area (TPSA) is 66.8 Å². The lowest BCUT2D eigenvalue weighted by atomic mass is 10.0. The average molecular weight is 259 g/mol. The fourth-order valence-corrected chi connectivity index (χ4v) is 1.96. The van der Waals surface area contributed by atoms with Gasteiger partial charge in [0.1, 0.15) is 0 Å². The van der Waals surface area contributed by atoms with Crippen molar-refractivity contribution in [3.05, 3.63) is 0 Å². The van der Waals surface area contributed by atoms with Crippen molar-refractivity contribution in [1.29, 1.82) is 0 Å². The summed E-state index contributed by atoms with van der Waals surface area (Å²) in [6.45, 7) is 7.83. The van der Waals surface area contributed by atoms with Crippen LogP contribution in [0.4, 0.5) is 4.79 Å². The molecule has 0 rings (SSSR count). The number of aliphatic carboxylic acids is 1. The van der Waals surface area contributed by atoms with Gasteiger partial charge in [0.05, 0.1) is 13.0 Å². The van der Waals surface area contributed by atoms with Crippen LogP contribution in [0.1, 0.15) is 53.4 Å². The minimum atomic E-state index is -0.883. The fourth-order valence-electron chi connectivity index (χ4n) is 1.96. The number of carbonyl (C=O) groups is 2. The van der Waals surface area contributed by atoms with E-state index in [0.717, 1.165) is 12.8 Å². The van der Waals surface area contributed by atoms with Crippen LogP contribution >= 0.6 is 0 Å². The molecule has 0 bridgehead atoms. The van der Waals surface area contributed by atoms with Crippen molar-refractivity contribution in [2.45, 2.75) is 65.5 Å². The van der Waals surface area contributed by atoms with E-state index in [0.29, 0.717) is 13.0 Å². The van der Waals surface area contributed by atoms with Crippen LogP contribution in [-0.4, -0.2) is 40.8 Å². The third-order valence-electron chi connectivity index (χ3n) is 2.73. The van der Waals surface area contributed by atoms with Gasteiger partial charge >= 0.3 is 12.1 Å². The zero-order valence-corrected chi connectivity index (χ0v) is 11.8. The monoisotopic (exact) mass is 259 g/mol. The summed E-state index contributed by atoms with van der Waals surface area (Å²) in [5, 5.41) is 8.95. The average Bonchev–Trinajstić information content (AvgIpc) is 2.25. The van der Waals surface area contributed by atoms with Gasteiger partial charge in [-0.2, -0.15) is 0 Å². The predicted molar refractivity (Wildman–Crippen MR) is 69.6 cm³/mol. The molecule has 0 spiro atoms. The molecular formula is C13H25NO4. The van der Waals surface area contributed by atoms with E-state index >= 15 is 0 Å². The SMILES string of the molecule is CCCCC(CC(=O)O)N(C(=O)OCC)C(C)C. The zero-order valence-electron chi connectivity index (χ0n) is 11.8. The van der Waals surface area contributed by atoms with E-state index in [1.54, 1.807) is 11.8 Å². The van der Waals surface area contributed by atoms with Crippen molar-refractivity contribution in [2.24, 2.45) is 0 Å². The van der Waals surface area contributed by atoms with E-state index in [9.17, 15) is 9.59 Å². The quantitative estimate of drug-likeness (QED) is 0.727. The molecule has 18 heavy (non-hydrogen) atoms. The summed E-state index contributed by atoms with van der Waals surface area (Å²) in [6.07, 6.45) is 2.12. The lowest BCUT2D eigenvalue weighted by Crippen LogP contribution is -2.46. The summed E-state index contributed by atoms with van der Waals surface area (Å²) in [4.78, 5) is 24.3. The standard InChI is InChI=1S/C13H25NO4/c1-5-7-8-11(9-12(15)16)14(10(3)4)13(17)18-6-2/h10-11H,5-9H2,1-4H3,(H,15,16). The number of hydrogen-bond donors (Lipinski definition) is 1. The third kappa shape index (κ3) is 5.89. The van der Waals surface area contributed by atoms with Crippen molar-refractivity contribution in [1.82, 2.24) is 4.90 Å². The van der Waals surface area contributed by atoms with Crippen molar-refractivity contribution in [3.8, 4) is 0 Å². The molecule has 0 aromatic heterocycles. The van der Waals surface area contributed by atoms with Gasteiger partial charge in [-0.3, -0.25) is 4.79 Å². The Morgan fingerprint density at radius 2 is 1.89 bits per heavy atom. The number of rotatable bonds is 8. The Kier molecular flexibility index (Phi) is 8.16. The zero-order chi connectivity index (χ0) is 14.1. The number of nitrogens with zero attached hydrogens (tertiary/aromatic N) is 1. The van der Waals surface area contributed by atoms with Crippen LogP contribution in [0.2, 0.25) is 0 Å². The second-order valence-electron chi connectivity index (χ2n) is 4.59. The van der Waals surface area contributed by atoms with Gasteiger partial charge in [-0.25, -0.2) is 4.79 Å². The number of unbranched alkanes of at least 4 members (excludes halogenated alkanes) is 1. The van der Waals surface area contributed by atoms with Crippen LogP contribution in [0.3, 0.4) is 0 Å². The van der Waals surface area contributed by atoms with Crippen LogP contribution in [0.15, 0.2) is 0 Å². The number of ether oxygens (including phenoxy) is 1. The van der Waals surface area contributed by atoms with Gasteiger partial charge in [0, 0.05) is 12.1 Å². The second-order valence-corrected chi connectivity index (χ2v) is 4.59. The minimum absolute atomic E-state index is 0.0308. The van der Waals surface area contributed by atoms with E-state index in [4.69, 9.17) is 9.84 Å². The molecule has 0 aromatic carbocycles. The normalized spacial score (nSPS) is 12.3. The van der Waals surface area contributed by atoms with Crippen molar-refractivity contribution < 1.29 is 19.4 Å². The van der Waals surface area contributed by atoms with Crippen molar-refractivity contribution >= 4 is 12.1 Å². The van der Waals surface area contributed by atoms with Gasteiger partial charge in [0.15, 0.2) is 0 Å².